The summed E-state index contributed by atoms with van der Waals surface area (Å²) in [5.41, 5.74) is 1.69. The molecule has 0 saturated heterocycles. The molecule has 0 heterocycles. The fraction of sp³-hybridized carbons (Fsp3) is 0.500. The predicted molar refractivity (Wildman–Crippen MR) is 76.2 cm³/mol. The van der Waals surface area contributed by atoms with Gasteiger partial charge in [0.15, 0.2) is 0 Å². The van der Waals surface area contributed by atoms with Crippen molar-refractivity contribution in [3.8, 4) is 11.8 Å². The fourth-order valence-electron chi connectivity index (χ4n) is 2.08. The maximum absolute atomic E-state index is 13.3. The van der Waals surface area contributed by atoms with Gasteiger partial charge < -0.3 is 5.11 Å². The number of halogens is 1. The molecular weight excluding hydrogens is 241 g/mol. The van der Waals surface area contributed by atoms with Crippen molar-refractivity contribution in [3.05, 3.63) is 35.1 Å². The lowest BCUT2D eigenvalue weighted by molar-refractivity contribution is 0.266. The Hall–Kier alpha value is -1.37. The normalized spacial score (nSPS) is 10.4. The SMILES string of the molecule is CCCN(CCC)Cc1ccc(F)cc1C#CCO. The van der Waals surface area contributed by atoms with Gasteiger partial charge in [-0.2, -0.15) is 0 Å². The molecule has 2 nitrogen and oxygen atoms in total. The fourth-order valence-corrected chi connectivity index (χ4v) is 2.08. The lowest BCUT2D eigenvalue weighted by atomic mass is 10.1. The van der Waals surface area contributed by atoms with Gasteiger partial charge in [-0.3, -0.25) is 4.90 Å². The van der Waals surface area contributed by atoms with E-state index in [2.05, 4.69) is 30.6 Å². The minimum absolute atomic E-state index is 0.205. The zero-order valence-corrected chi connectivity index (χ0v) is 11.7. The average molecular weight is 263 g/mol. The van der Waals surface area contributed by atoms with Gasteiger partial charge in [-0.25, -0.2) is 4.39 Å². The molecule has 0 radical (unpaired) electrons. The molecule has 0 aliphatic rings. The van der Waals surface area contributed by atoms with Crippen LogP contribution in [0.25, 0.3) is 0 Å². The maximum atomic E-state index is 13.3. The van der Waals surface area contributed by atoms with Gasteiger partial charge in [0, 0.05) is 12.1 Å². The molecule has 0 amide bonds. The van der Waals surface area contributed by atoms with Crippen LogP contribution in [-0.4, -0.2) is 29.7 Å². The lowest BCUT2D eigenvalue weighted by Crippen LogP contribution is -2.25. The maximum Gasteiger partial charge on any atom is 0.124 e. The first-order valence-corrected chi connectivity index (χ1v) is 6.81. The molecule has 104 valence electrons. The van der Waals surface area contributed by atoms with E-state index in [0.717, 1.165) is 38.0 Å². The third-order valence-corrected chi connectivity index (χ3v) is 2.85. The van der Waals surface area contributed by atoms with Gasteiger partial charge in [-0.15, -0.1) is 0 Å². The summed E-state index contributed by atoms with van der Waals surface area (Å²) in [7, 11) is 0. The quantitative estimate of drug-likeness (QED) is 0.798. The third kappa shape index (κ3) is 5.42. The number of aliphatic hydroxyl groups is 1. The first-order valence-electron chi connectivity index (χ1n) is 6.81. The molecule has 0 spiro atoms. The van der Waals surface area contributed by atoms with E-state index in [1.807, 2.05) is 0 Å². The predicted octanol–water partition coefficient (Wildman–Crippen LogP) is 2.79. The van der Waals surface area contributed by atoms with E-state index in [1.165, 1.54) is 12.1 Å². The molecule has 0 aromatic heterocycles. The second-order valence-electron chi connectivity index (χ2n) is 4.54. The van der Waals surface area contributed by atoms with Crippen LogP contribution in [0.2, 0.25) is 0 Å². The Bertz CT molecular complexity index is 442. The van der Waals surface area contributed by atoms with Crippen molar-refractivity contribution in [1.29, 1.82) is 0 Å². The zero-order valence-electron chi connectivity index (χ0n) is 11.7. The molecule has 1 rings (SSSR count). The Morgan fingerprint density at radius 2 is 1.89 bits per heavy atom. The van der Waals surface area contributed by atoms with Gasteiger partial charge in [0.05, 0.1) is 0 Å². The van der Waals surface area contributed by atoms with Crippen molar-refractivity contribution in [2.45, 2.75) is 33.2 Å². The van der Waals surface area contributed by atoms with Crippen LogP contribution in [0.5, 0.6) is 0 Å². The van der Waals surface area contributed by atoms with E-state index in [4.69, 9.17) is 5.11 Å². The zero-order chi connectivity index (χ0) is 14.1. The number of aliphatic hydroxyl groups excluding tert-OH is 1. The van der Waals surface area contributed by atoms with E-state index in [9.17, 15) is 4.39 Å². The number of rotatable bonds is 6. The summed E-state index contributed by atoms with van der Waals surface area (Å²) < 4.78 is 13.3. The molecule has 1 aromatic rings. The lowest BCUT2D eigenvalue weighted by Gasteiger charge is -2.21. The highest BCUT2D eigenvalue weighted by Crippen LogP contribution is 2.13. The monoisotopic (exact) mass is 263 g/mol. The first-order chi connectivity index (χ1) is 9.21. The van der Waals surface area contributed by atoms with E-state index < -0.39 is 0 Å². The molecule has 1 N–H and O–H groups in total. The highest BCUT2D eigenvalue weighted by Gasteiger charge is 2.08. The van der Waals surface area contributed by atoms with Crippen LogP contribution in [0.1, 0.15) is 37.8 Å². The van der Waals surface area contributed by atoms with Gasteiger partial charge in [-0.05, 0) is 43.6 Å². The average Bonchev–Trinajstić information content (AvgIpc) is 2.39. The summed E-state index contributed by atoms with van der Waals surface area (Å²) in [6.07, 6.45) is 2.19. The number of hydrogen-bond acceptors (Lipinski definition) is 2. The standard InChI is InChI=1S/C16H22FNO/c1-3-9-18(10-4-2)13-15-7-8-16(17)12-14(15)6-5-11-19/h7-8,12,19H,3-4,9-11,13H2,1-2H3. The highest BCUT2D eigenvalue weighted by atomic mass is 19.1. The largest absolute Gasteiger partial charge is 0.384 e. The molecule has 0 fully saturated rings. The molecule has 3 heteroatoms. The Morgan fingerprint density at radius 3 is 2.47 bits per heavy atom. The summed E-state index contributed by atoms with van der Waals surface area (Å²) >= 11 is 0. The van der Waals surface area contributed by atoms with Crippen LogP contribution in [0.15, 0.2) is 18.2 Å². The number of benzene rings is 1. The highest BCUT2D eigenvalue weighted by molar-refractivity contribution is 5.41. The van der Waals surface area contributed by atoms with Crippen molar-refractivity contribution in [2.75, 3.05) is 19.7 Å². The number of hydrogen-bond donors (Lipinski definition) is 1. The van der Waals surface area contributed by atoms with Crippen LogP contribution in [0, 0.1) is 17.7 Å². The molecule has 0 unspecified atom stereocenters. The van der Waals surface area contributed by atoms with E-state index in [0.29, 0.717) is 5.56 Å². The summed E-state index contributed by atoms with van der Waals surface area (Å²) in [5, 5.41) is 8.76. The van der Waals surface area contributed by atoms with Crippen LogP contribution < -0.4 is 0 Å². The van der Waals surface area contributed by atoms with Crippen LogP contribution >= 0.6 is 0 Å². The van der Waals surface area contributed by atoms with Crippen molar-refractivity contribution < 1.29 is 9.50 Å². The van der Waals surface area contributed by atoms with Crippen LogP contribution in [-0.2, 0) is 6.54 Å². The topological polar surface area (TPSA) is 23.5 Å². The van der Waals surface area contributed by atoms with Crippen LogP contribution in [0.4, 0.5) is 4.39 Å². The first kappa shape index (κ1) is 15.7. The van der Waals surface area contributed by atoms with Gasteiger partial charge in [0.2, 0.25) is 0 Å². The molecule has 0 saturated carbocycles. The van der Waals surface area contributed by atoms with Crippen molar-refractivity contribution in [3.63, 3.8) is 0 Å². The van der Waals surface area contributed by atoms with Crippen molar-refractivity contribution in [1.82, 2.24) is 4.90 Å². The molecule has 0 aliphatic heterocycles. The summed E-state index contributed by atoms with van der Waals surface area (Å²) in [4.78, 5) is 2.34. The smallest absolute Gasteiger partial charge is 0.124 e. The van der Waals surface area contributed by atoms with E-state index in [-0.39, 0.29) is 12.4 Å². The minimum atomic E-state index is -0.288. The summed E-state index contributed by atoms with van der Waals surface area (Å²) in [5.74, 6) is 5.13. The number of nitrogens with zero attached hydrogens (tertiary/aromatic N) is 1. The second-order valence-corrected chi connectivity index (χ2v) is 4.54. The Labute approximate surface area is 115 Å². The molecule has 0 atom stereocenters. The summed E-state index contributed by atoms with van der Waals surface area (Å²) in [6, 6.07) is 4.69. The Kier molecular flexibility index (Phi) is 7.17. The van der Waals surface area contributed by atoms with E-state index >= 15 is 0 Å². The third-order valence-electron chi connectivity index (χ3n) is 2.85. The molecule has 0 aliphatic carbocycles. The molecule has 0 bridgehead atoms. The Morgan fingerprint density at radius 1 is 1.21 bits per heavy atom. The molecule has 1 aromatic carbocycles. The van der Waals surface area contributed by atoms with Crippen molar-refractivity contribution >= 4 is 0 Å². The molecule has 19 heavy (non-hydrogen) atoms. The minimum Gasteiger partial charge on any atom is -0.384 e. The van der Waals surface area contributed by atoms with Crippen LogP contribution in [0.3, 0.4) is 0 Å². The van der Waals surface area contributed by atoms with E-state index in [1.54, 1.807) is 6.07 Å². The van der Waals surface area contributed by atoms with Gasteiger partial charge in [0.25, 0.3) is 0 Å². The van der Waals surface area contributed by atoms with Gasteiger partial charge in [-0.1, -0.05) is 31.8 Å². The van der Waals surface area contributed by atoms with Gasteiger partial charge in [0.1, 0.15) is 12.4 Å². The molecular formula is C16H22FNO. The Balaban J connectivity index is 2.91. The van der Waals surface area contributed by atoms with Gasteiger partial charge >= 0.3 is 0 Å². The summed E-state index contributed by atoms with van der Waals surface area (Å²) in [6.45, 7) is 6.93. The van der Waals surface area contributed by atoms with Crippen molar-refractivity contribution in [2.24, 2.45) is 0 Å². The second kappa shape index (κ2) is 8.68.